The maximum absolute atomic E-state index is 12.8. The molecular formula is C26H33N7O2. The average molecular weight is 476 g/mol. The molecule has 2 heterocycles. The highest BCUT2D eigenvalue weighted by molar-refractivity contribution is 5.81. The van der Waals surface area contributed by atoms with E-state index in [-0.39, 0.29) is 37.0 Å². The van der Waals surface area contributed by atoms with Gasteiger partial charge in [0.15, 0.2) is 0 Å². The third-order valence-electron chi connectivity index (χ3n) is 6.23. The van der Waals surface area contributed by atoms with Gasteiger partial charge >= 0.3 is 0 Å². The maximum atomic E-state index is 12.8. The highest BCUT2D eigenvalue weighted by atomic mass is 16.2. The topological polar surface area (TPSA) is 104 Å². The van der Waals surface area contributed by atoms with Crippen LogP contribution in [0.4, 0.5) is 0 Å². The molecule has 1 aliphatic rings. The fourth-order valence-electron chi connectivity index (χ4n) is 4.23. The molecule has 0 bridgehead atoms. The summed E-state index contributed by atoms with van der Waals surface area (Å²) >= 11 is 0. The van der Waals surface area contributed by atoms with Crippen LogP contribution in [0.25, 0.3) is 0 Å². The van der Waals surface area contributed by atoms with Crippen LogP contribution < -0.4 is 16.0 Å². The number of benzene rings is 2. The summed E-state index contributed by atoms with van der Waals surface area (Å²) < 4.78 is 1.50. The fourth-order valence-corrected chi connectivity index (χ4v) is 4.23. The maximum Gasteiger partial charge on any atom is 0.242 e. The number of aromatic nitrogens is 3. The molecule has 2 atom stereocenters. The molecule has 1 fully saturated rings. The highest BCUT2D eigenvalue weighted by Gasteiger charge is 2.22. The molecule has 3 aromatic rings. The SMILES string of the molecule is CC(C(=O)NCc1cn(CC(=O)NC(Cc2ccccc2)c2ccccc2)nn1)N1CCNCC1. The standard InChI is InChI=1S/C26H33N7O2/c1-20(32-14-12-27-13-15-32)26(35)28-17-23-18-33(31-30-23)19-25(34)29-24(22-10-6-3-7-11-22)16-21-8-4-2-5-9-21/h2-11,18,20,24,27H,12-17,19H2,1H3,(H,28,35)(H,29,34). The molecule has 2 unspecified atom stereocenters. The van der Waals surface area contributed by atoms with Crippen molar-refractivity contribution in [3.63, 3.8) is 0 Å². The van der Waals surface area contributed by atoms with E-state index in [1.54, 1.807) is 6.20 Å². The Balaban J connectivity index is 1.30. The predicted molar refractivity (Wildman–Crippen MR) is 133 cm³/mol. The van der Waals surface area contributed by atoms with Crippen molar-refractivity contribution >= 4 is 11.8 Å². The monoisotopic (exact) mass is 475 g/mol. The van der Waals surface area contributed by atoms with Crippen LogP contribution in [0.2, 0.25) is 0 Å². The zero-order chi connectivity index (χ0) is 24.5. The summed E-state index contributed by atoms with van der Waals surface area (Å²) in [6.07, 6.45) is 2.39. The number of piperazine rings is 1. The first-order valence-electron chi connectivity index (χ1n) is 12.1. The number of nitrogens with one attached hydrogen (secondary N) is 3. The van der Waals surface area contributed by atoms with Gasteiger partial charge < -0.3 is 16.0 Å². The summed E-state index contributed by atoms with van der Waals surface area (Å²) in [6, 6.07) is 19.7. The van der Waals surface area contributed by atoms with Crippen LogP contribution >= 0.6 is 0 Å². The van der Waals surface area contributed by atoms with Gasteiger partial charge in [0.25, 0.3) is 0 Å². The molecule has 2 amide bonds. The fraction of sp³-hybridized carbons (Fsp3) is 0.385. The van der Waals surface area contributed by atoms with Gasteiger partial charge in [0, 0.05) is 26.2 Å². The minimum absolute atomic E-state index is 0.0363. The zero-order valence-electron chi connectivity index (χ0n) is 20.1. The van der Waals surface area contributed by atoms with E-state index in [1.165, 1.54) is 4.68 Å². The molecule has 35 heavy (non-hydrogen) atoms. The first kappa shape index (κ1) is 24.6. The number of nitrogens with zero attached hydrogens (tertiary/aromatic N) is 4. The molecule has 2 aromatic carbocycles. The van der Waals surface area contributed by atoms with Crippen LogP contribution in [0.3, 0.4) is 0 Å². The summed E-state index contributed by atoms with van der Waals surface area (Å²) in [5.41, 5.74) is 2.81. The molecule has 9 nitrogen and oxygen atoms in total. The van der Waals surface area contributed by atoms with E-state index in [2.05, 4.69) is 43.3 Å². The summed E-state index contributed by atoms with van der Waals surface area (Å²) in [4.78, 5) is 27.5. The molecule has 0 spiro atoms. The van der Waals surface area contributed by atoms with Crippen LogP contribution in [0.5, 0.6) is 0 Å². The van der Waals surface area contributed by atoms with E-state index in [4.69, 9.17) is 0 Å². The van der Waals surface area contributed by atoms with E-state index >= 15 is 0 Å². The number of hydrogen-bond donors (Lipinski definition) is 3. The van der Waals surface area contributed by atoms with Gasteiger partial charge in [-0.15, -0.1) is 5.10 Å². The Morgan fingerprint density at radius 2 is 1.71 bits per heavy atom. The summed E-state index contributed by atoms with van der Waals surface area (Å²) in [5.74, 6) is -0.187. The Labute approximate surface area is 205 Å². The Hall–Kier alpha value is -3.56. The van der Waals surface area contributed by atoms with E-state index in [0.717, 1.165) is 37.3 Å². The molecule has 1 aliphatic heterocycles. The lowest BCUT2D eigenvalue weighted by atomic mass is 9.99. The van der Waals surface area contributed by atoms with Gasteiger partial charge in [0.1, 0.15) is 12.2 Å². The van der Waals surface area contributed by atoms with Gasteiger partial charge in [-0.05, 0) is 24.5 Å². The lowest BCUT2D eigenvalue weighted by Gasteiger charge is -2.31. The number of amides is 2. The molecule has 0 radical (unpaired) electrons. The molecule has 0 saturated carbocycles. The molecular weight excluding hydrogens is 442 g/mol. The van der Waals surface area contributed by atoms with Gasteiger partial charge in [-0.3, -0.25) is 14.5 Å². The third kappa shape index (κ3) is 7.21. The molecule has 184 valence electrons. The second-order valence-corrected chi connectivity index (χ2v) is 8.81. The Bertz CT molecular complexity index is 1080. The predicted octanol–water partition coefficient (Wildman–Crippen LogP) is 1.29. The molecule has 9 heteroatoms. The van der Waals surface area contributed by atoms with Crippen molar-refractivity contribution < 1.29 is 9.59 Å². The molecule has 1 aromatic heterocycles. The van der Waals surface area contributed by atoms with Crippen LogP contribution in [-0.2, 0) is 29.1 Å². The van der Waals surface area contributed by atoms with Crippen LogP contribution in [0.15, 0.2) is 66.9 Å². The Morgan fingerprint density at radius 1 is 1.03 bits per heavy atom. The average Bonchev–Trinajstić information content (AvgIpc) is 3.35. The number of carbonyl (C=O) groups excluding carboxylic acids is 2. The lowest BCUT2D eigenvalue weighted by molar-refractivity contribution is -0.126. The normalized spacial score (nSPS) is 15.8. The summed E-state index contributed by atoms with van der Waals surface area (Å²) in [7, 11) is 0. The van der Waals surface area contributed by atoms with E-state index in [0.29, 0.717) is 12.1 Å². The highest BCUT2D eigenvalue weighted by Crippen LogP contribution is 2.18. The van der Waals surface area contributed by atoms with Crippen LogP contribution in [-0.4, -0.2) is 63.9 Å². The Morgan fingerprint density at radius 3 is 2.43 bits per heavy atom. The second-order valence-electron chi connectivity index (χ2n) is 8.81. The number of hydrogen-bond acceptors (Lipinski definition) is 6. The van der Waals surface area contributed by atoms with Crippen molar-refractivity contribution in [2.75, 3.05) is 26.2 Å². The summed E-state index contributed by atoms with van der Waals surface area (Å²) in [6.45, 7) is 5.74. The largest absolute Gasteiger partial charge is 0.349 e. The third-order valence-corrected chi connectivity index (χ3v) is 6.23. The van der Waals surface area contributed by atoms with E-state index in [9.17, 15) is 9.59 Å². The van der Waals surface area contributed by atoms with Crippen molar-refractivity contribution in [3.05, 3.63) is 83.7 Å². The van der Waals surface area contributed by atoms with Gasteiger partial charge in [-0.2, -0.15) is 0 Å². The quantitative estimate of drug-likeness (QED) is 0.408. The molecule has 3 N–H and O–H groups in total. The number of carbonyl (C=O) groups is 2. The van der Waals surface area contributed by atoms with E-state index in [1.807, 2.05) is 55.5 Å². The van der Waals surface area contributed by atoms with Crippen LogP contribution in [0.1, 0.15) is 29.8 Å². The minimum Gasteiger partial charge on any atom is -0.349 e. The molecule has 0 aliphatic carbocycles. The van der Waals surface area contributed by atoms with Crippen molar-refractivity contribution in [2.24, 2.45) is 0 Å². The second kappa shape index (κ2) is 12.2. The number of rotatable bonds is 10. The zero-order valence-corrected chi connectivity index (χ0v) is 20.1. The van der Waals surface area contributed by atoms with E-state index < -0.39 is 0 Å². The minimum atomic E-state index is -0.197. The van der Waals surface area contributed by atoms with Gasteiger partial charge in [0.2, 0.25) is 11.8 Å². The molecule has 4 rings (SSSR count). The van der Waals surface area contributed by atoms with Gasteiger partial charge in [-0.25, -0.2) is 4.68 Å². The first-order chi connectivity index (χ1) is 17.1. The van der Waals surface area contributed by atoms with Crippen molar-refractivity contribution in [1.29, 1.82) is 0 Å². The first-order valence-corrected chi connectivity index (χ1v) is 12.1. The summed E-state index contributed by atoms with van der Waals surface area (Å²) in [5, 5.41) is 17.5. The van der Waals surface area contributed by atoms with Crippen LogP contribution in [0, 0.1) is 0 Å². The van der Waals surface area contributed by atoms with Crippen molar-refractivity contribution in [1.82, 2.24) is 35.8 Å². The lowest BCUT2D eigenvalue weighted by Crippen LogP contribution is -2.52. The molecule has 1 saturated heterocycles. The Kier molecular flexibility index (Phi) is 8.58. The van der Waals surface area contributed by atoms with Gasteiger partial charge in [-0.1, -0.05) is 65.9 Å². The van der Waals surface area contributed by atoms with Gasteiger partial charge in [0.05, 0.1) is 24.8 Å². The van der Waals surface area contributed by atoms with Crippen molar-refractivity contribution in [2.45, 2.75) is 38.5 Å². The smallest absolute Gasteiger partial charge is 0.242 e. The van der Waals surface area contributed by atoms with Crippen molar-refractivity contribution in [3.8, 4) is 0 Å².